The highest BCUT2D eigenvalue weighted by Crippen LogP contribution is 2.45. The number of aromatic amines is 1. The van der Waals surface area contributed by atoms with Crippen LogP contribution in [0.15, 0.2) is 89.6 Å². The highest BCUT2D eigenvalue weighted by atomic mass is 32.2. The summed E-state index contributed by atoms with van der Waals surface area (Å²) < 4.78 is 85.9. The van der Waals surface area contributed by atoms with Crippen LogP contribution in [0.5, 0.6) is 11.5 Å². The largest absolute Gasteiger partial charge is 0.455 e. The standard InChI is InChI=1S/C51H56F3N7O9S/c1-32-20-36(51(52,53)54)4-7-41(32)43-24-50(2,3)12-10-34(43)27-58-14-16-59(17-15-58)37-5-8-42(47(22-37)70-38-21-33-11-13-55-48(33)57-25-38)46(62)31-71(66,67)40-6-9-44(45(23-40)61(64)65)56-26-39-28-60(18-19-69-39)49(63)35-29-68-30-35/h4-9,11,13,20-23,25,35,39,56H,10,12,14-19,24,26-31H2,1-3H3,(H,55,57). The zero-order valence-electron chi connectivity index (χ0n) is 39.7. The van der Waals surface area contributed by atoms with E-state index in [1.807, 2.05) is 6.07 Å². The van der Waals surface area contributed by atoms with E-state index in [1.165, 1.54) is 42.1 Å². The Morgan fingerprint density at radius 2 is 1.80 bits per heavy atom. The number of alkyl halides is 3. The highest BCUT2D eigenvalue weighted by Gasteiger charge is 2.36. The third-order valence-corrected chi connectivity index (χ3v) is 15.5. The summed E-state index contributed by atoms with van der Waals surface area (Å²) >= 11 is 0. The van der Waals surface area contributed by atoms with Crippen molar-refractivity contribution in [1.82, 2.24) is 19.8 Å². The molecule has 16 nitrogen and oxygen atoms in total. The van der Waals surface area contributed by atoms with Gasteiger partial charge in [0.25, 0.3) is 5.69 Å². The van der Waals surface area contributed by atoms with E-state index in [0.29, 0.717) is 76.0 Å². The number of halogens is 3. The van der Waals surface area contributed by atoms with Crippen molar-refractivity contribution in [2.24, 2.45) is 11.3 Å². The summed E-state index contributed by atoms with van der Waals surface area (Å²) in [4.78, 5) is 51.7. The number of allylic oxidation sites excluding steroid dienone is 1. The lowest BCUT2D eigenvalue weighted by Gasteiger charge is -2.39. The van der Waals surface area contributed by atoms with Gasteiger partial charge in [-0.15, -0.1) is 0 Å². The molecule has 3 saturated heterocycles. The predicted octanol–water partition coefficient (Wildman–Crippen LogP) is 8.32. The van der Waals surface area contributed by atoms with Crippen LogP contribution in [-0.4, -0.2) is 129 Å². The number of carbonyl (C=O) groups is 2. The molecule has 5 heterocycles. The predicted molar refractivity (Wildman–Crippen MR) is 261 cm³/mol. The Balaban J connectivity index is 0.906. The second-order valence-corrected chi connectivity index (χ2v) is 21.6. The molecule has 0 radical (unpaired) electrons. The van der Waals surface area contributed by atoms with Crippen LogP contribution >= 0.6 is 0 Å². The fourth-order valence-electron chi connectivity index (χ4n) is 9.77. The maximum absolute atomic E-state index is 14.1. The first-order valence-electron chi connectivity index (χ1n) is 23.7. The SMILES string of the molecule is Cc1cc(C(F)(F)F)ccc1C1=C(CN2CCN(c3ccc(C(=O)CS(=O)(=O)c4ccc(NCC5CN(C(=O)C6COC6)CCO5)c([N+](=O)[O-])c4)c(Oc4cnc5[nH]ccc5c4)c3)CC2)CCC(C)(C)C1. The van der Waals surface area contributed by atoms with Gasteiger partial charge in [-0.25, -0.2) is 13.4 Å². The first kappa shape index (κ1) is 49.6. The molecule has 3 aromatic carbocycles. The van der Waals surface area contributed by atoms with Crippen LogP contribution in [0.3, 0.4) is 0 Å². The number of hydrogen-bond acceptors (Lipinski definition) is 13. The molecular formula is C51H56F3N7O9S. The number of amides is 1. The number of morpholine rings is 1. The average molecular weight is 1000 g/mol. The lowest BCUT2D eigenvalue weighted by molar-refractivity contribution is -0.384. The maximum Gasteiger partial charge on any atom is 0.416 e. The second-order valence-electron chi connectivity index (χ2n) is 19.6. The number of ketones is 1. The molecule has 376 valence electrons. The Hall–Kier alpha value is -6.35. The number of carbonyl (C=O) groups excluding carboxylic acids is 2. The molecule has 1 atom stereocenters. The van der Waals surface area contributed by atoms with Crippen molar-refractivity contribution in [3.05, 3.63) is 117 Å². The van der Waals surface area contributed by atoms with Crippen LogP contribution in [0.25, 0.3) is 16.6 Å². The van der Waals surface area contributed by atoms with Crippen molar-refractivity contribution in [1.29, 1.82) is 0 Å². The van der Waals surface area contributed by atoms with Gasteiger partial charge in [-0.05, 0) is 96.8 Å². The normalized spacial score (nSPS) is 19.2. The minimum Gasteiger partial charge on any atom is -0.455 e. The third-order valence-electron chi connectivity index (χ3n) is 13.9. The second kappa shape index (κ2) is 20.0. The van der Waals surface area contributed by atoms with Crippen molar-refractivity contribution in [3.8, 4) is 11.5 Å². The van der Waals surface area contributed by atoms with E-state index in [9.17, 15) is 41.3 Å². The number of aryl methyl sites for hydroxylation is 1. The smallest absolute Gasteiger partial charge is 0.416 e. The highest BCUT2D eigenvalue weighted by molar-refractivity contribution is 7.92. The zero-order chi connectivity index (χ0) is 50.2. The molecule has 20 heteroatoms. The van der Waals surface area contributed by atoms with Gasteiger partial charge in [0.1, 0.15) is 28.6 Å². The van der Waals surface area contributed by atoms with Crippen LogP contribution in [0.1, 0.15) is 60.2 Å². The molecule has 71 heavy (non-hydrogen) atoms. The Bertz CT molecular complexity index is 3000. The number of Topliss-reactive ketones (excluding diaryl/α,β-unsaturated/α-hetero) is 1. The number of ether oxygens (including phenoxy) is 3. The van der Waals surface area contributed by atoms with Crippen molar-refractivity contribution < 1.29 is 50.3 Å². The molecule has 1 aliphatic carbocycles. The number of benzene rings is 3. The van der Waals surface area contributed by atoms with Gasteiger partial charge < -0.3 is 34.3 Å². The Morgan fingerprint density at radius 1 is 1.01 bits per heavy atom. The van der Waals surface area contributed by atoms with E-state index < -0.39 is 54.7 Å². The van der Waals surface area contributed by atoms with Crippen molar-refractivity contribution >= 4 is 55.2 Å². The van der Waals surface area contributed by atoms with Crippen molar-refractivity contribution in [2.75, 3.05) is 88.1 Å². The molecule has 0 spiro atoms. The Kier molecular flexibility index (Phi) is 14.0. The number of hydrogen-bond donors (Lipinski definition) is 2. The molecule has 1 amide bonds. The first-order chi connectivity index (χ1) is 33.8. The molecule has 1 unspecified atom stereocenters. The molecule has 4 aliphatic rings. The van der Waals surface area contributed by atoms with Crippen LogP contribution in [0.4, 0.5) is 30.2 Å². The van der Waals surface area contributed by atoms with E-state index in [4.69, 9.17) is 14.2 Å². The quantitative estimate of drug-likeness (QED) is 0.0579. The van der Waals surface area contributed by atoms with Gasteiger partial charge in [0.15, 0.2) is 15.6 Å². The summed E-state index contributed by atoms with van der Waals surface area (Å²) in [7, 11) is -4.43. The average Bonchev–Trinajstić information content (AvgIpc) is 3.79. The third kappa shape index (κ3) is 11.2. The van der Waals surface area contributed by atoms with Crippen LogP contribution in [0.2, 0.25) is 0 Å². The van der Waals surface area contributed by atoms with E-state index in [-0.39, 0.29) is 47.3 Å². The number of nitrogens with one attached hydrogen (secondary N) is 2. The minimum absolute atomic E-state index is 0.00282. The summed E-state index contributed by atoms with van der Waals surface area (Å²) in [5.74, 6) is -1.60. The molecule has 2 aromatic heterocycles. The zero-order valence-corrected chi connectivity index (χ0v) is 40.5. The van der Waals surface area contributed by atoms with Crippen LogP contribution < -0.4 is 15.0 Å². The molecule has 2 N–H and O–H groups in total. The molecule has 0 saturated carbocycles. The van der Waals surface area contributed by atoms with Gasteiger partial charge in [0.05, 0.1) is 59.0 Å². The Morgan fingerprint density at radius 3 is 2.52 bits per heavy atom. The van der Waals surface area contributed by atoms with Crippen molar-refractivity contribution in [2.45, 2.75) is 57.2 Å². The number of aromatic nitrogens is 2. The summed E-state index contributed by atoms with van der Waals surface area (Å²) in [6.07, 6.45) is 0.904. The first-order valence-corrected chi connectivity index (χ1v) is 25.3. The van der Waals surface area contributed by atoms with Gasteiger partial charge in [-0.2, -0.15) is 13.2 Å². The fraction of sp³-hybridized carbons (Fsp3) is 0.431. The molecule has 3 aliphatic heterocycles. The number of piperazine rings is 1. The number of sulfone groups is 1. The van der Waals surface area contributed by atoms with Gasteiger partial charge in [0.2, 0.25) is 5.91 Å². The number of nitro groups is 1. The van der Waals surface area contributed by atoms with Crippen LogP contribution in [-0.2, 0) is 30.3 Å². The Labute approximate surface area is 409 Å². The number of H-pyrrole nitrogens is 1. The number of nitrogens with zero attached hydrogens (tertiary/aromatic N) is 5. The number of anilines is 2. The van der Waals surface area contributed by atoms with Crippen molar-refractivity contribution in [3.63, 3.8) is 0 Å². The summed E-state index contributed by atoms with van der Waals surface area (Å²) in [6.45, 7) is 11.3. The van der Waals surface area contributed by atoms with Crippen LogP contribution in [0, 0.1) is 28.4 Å². The van der Waals surface area contributed by atoms with Gasteiger partial charge >= 0.3 is 6.18 Å². The molecule has 0 bridgehead atoms. The summed E-state index contributed by atoms with van der Waals surface area (Å²) in [5.41, 5.74) is 4.04. The monoisotopic (exact) mass is 999 g/mol. The number of nitro benzene ring substituents is 1. The molecular weight excluding hydrogens is 944 g/mol. The molecule has 3 fully saturated rings. The molecule has 9 rings (SSSR count). The van der Waals surface area contributed by atoms with E-state index in [1.54, 1.807) is 42.3 Å². The van der Waals surface area contributed by atoms with E-state index in [0.717, 1.165) is 47.5 Å². The summed E-state index contributed by atoms with van der Waals surface area (Å²) in [5, 5.41) is 16.0. The summed E-state index contributed by atoms with van der Waals surface area (Å²) in [6, 6.07) is 16.0. The fourth-order valence-corrected chi connectivity index (χ4v) is 11.0. The van der Waals surface area contributed by atoms with E-state index in [2.05, 4.69) is 38.9 Å². The van der Waals surface area contributed by atoms with Gasteiger partial charge in [0, 0.05) is 81.8 Å². The number of pyridine rings is 1. The topological polar surface area (TPSA) is 190 Å². The number of rotatable bonds is 15. The lowest BCUT2D eigenvalue weighted by atomic mass is 9.72. The van der Waals surface area contributed by atoms with Gasteiger partial charge in [-0.3, -0.25) is 24.6 Å². The minimum atomic E-state index is -4.43. The maximum atomic E-state index is 14.1. The molecule has 5 aromatic rings. The van der Waals surface area contributed by atoms with Gasteiger partial charge in [-0.1, -0.05) is 25.5 Å². The lowest BCUT2D eigenvalue weighted by Crippen LogP contribution is -2.52. The number of fused-ring (bicyclic) bond motifs is 1. The van der Waals surface area contributed by atoms with E-state index >= 15 is 0 Å².